The lowest BCUT2D eigenvalue weighted by Gasteiger charge is -2.10. The Morgan fingerprint density at radius 1 is 0.352 bits per heavy atom. The van der Waals surface area contributed by atoms with Gasteiger partial charge in [-0.2, -0.15) is 4.39 Å². The third-order valence-electron chi connectivity index (χ3n) is 8.29. The van der Waals surface area contributed by atoms with Gasteiger partial charge in [-0.15, -0.1) is 0 Å². The summed E-state index contributed by atoms with van der Waals surface area (Å²) in [4.78, 5) is 180. The third kappa shape index (κ3) is 194. The SMILES string of the molecule is CC(C)(C)C.CC(C)(C)C.CC(C)(C)C.CC(C)(C)C.CC(C)(C)C.CC(C)(C)C.CC(C)(C)C.CC(C)(C)C.CC(C)(C)C.CC(C)(C)C.COc1cccc(=O)[nH]1.NC1=NCCCN1.O=C1CCC(=O)N1.O=C1CCCC(=O)N1.O=C1CCNC(=O)N1.O=C1CNCC(=O)N1.O=C1CSC(=O)N1.O=c1[nH]cc(F)c(=O)[nH]1.O=c1cc[nH]c(=O)[nH]1.O=c1cccc[nH]1. The van der Waals surface area contributed by atoms with Crippen LogP contribution < -0.4 is 86.6 Å². The molecule has 33 nitrogen and oxygen atoms in total. The second-order valence-corrected chi connectivity index (χ2v) is 45.6. The van der Waals surface area contributed by atoms with Gasteiger partial charge in [0, 0.05) is 88.5 Å². The standard InChI is InChI=1S/C6H7NO2.C5H7NO2.C5H5NO.10C5H12.C4H3FN2O2.C4H9N3.2C4H6N2O2.C4H4N2O2.C4H5NO2.C3H3NO2S/c1-9-6-4-2-3-5(8)7-6;7-4-2-1-3-5(8)6-4;7-5-3-1-2-4-6-5;10*1-5(2,3)4;5-2-1-6-4(9)7-3(2)8;5-4-6-2-1-3-7-4;7-3-1-5-2-4(8)6-3;2*7-3-1-2-5-4(8)6-3;6-3-1-2-4(7)5-3;5-2-1-7-3(6)4-2/h2-4H,1H3,(H,7,8);1-3H2,(H,6,7,8);1-4H,(H,6,7);10*1-4H3;1H,(H2,6,7,8,9);1-3H2,(H3,5,6,7);5H,1-2H2,(H,6,7,8);1-2H2,(H2,5,6,7,8);1-2H,(H2,5,6,7,8);1-2H2,(H,5,6,7);1H2,(H,4,5,6). The van der Waals surface area contributed by atoms with Gasteiger partial charge in [0.15, 0.2) is 11.8 Å². The molecule has 4 aromatic rings. The fourth-order valence-electron chi connectivity index (χ4n) is 4.82. The first-order valence-corrected chi connectivity index (χ1v) is 43.4. The van der Waals surface area contributed by atoms with Gasteiger partial charge in [-0.3, -0.25) is 114 Å². The van der Waals surface area contributed by atoms with Crippen molar-refractivity contribution in [2.75, 3.05) is 45.6 Å². The number of carbonyl (C=O) groups excluding carboxylic acids is 10. The van der Waals surface area contributed by atoms with Crippen molar-refractivity contribution in [3.05, 3.63) is 129 Å². The number of amides is 11. The quantitative estimate of drug-likeness (QED) is 0.0787. The molecular formula is C93H175FN16O17S. The summed E-state index contributed by atoms with van der Waals surface area (Å²) >= 11 is 1.01. The van der Waals surface area contributed by atoms with Gasteiger partial charge in [0.05, 0.1) is 26.0 Å². The van der Waals surface area contributed by atoms with Crippen molar-refractivity contribution in [1.29, 1.82) is 0 Å². The highest BCUT2D eigenvalue weighted by atomic mass is 32.2. The summed E-state index contributed by atoms with van der Waals surface area (Å²) < 4.78 is 16.7. The fraction of sp³-hybridized carbons (Fsp3) is 0.688. The Morgan fingerprint density at radius 3 is 0.898 bits per heavy atom. The monoisotopic (exact) mass is 1840 g/mol. The van der Waals surface area contributed by atoms with Crippen LogP contribution in [0.1, 0.15) is 322 Å². The maximum Gasteiger partial charge on any atom is 0.325 e. The number of guanidine groups is 1. The zero-order chi connectivity index (χ0) is 103. The van der Waals surface area contributed by atoms with Crippen LogP contribution in [0.5, 0.6) is 5.88 Å². The predicted molar refractivity (Wildman–Crippen MR) is 524 cm³/mol. The van der Waals surface area contributed by atoms with E-state index >= 15 is 0 Å². The number of carbonyl (C=O) groups is 10. The van der Waals surface area contributed by atoms with E-state index < -0.39 is 22.8 Å². The van der Waals surface area contributed by atoms with Gasteiger partial charge >= 0.3 is 17.4 Å². The topological polar surface area (TPSA) is 512 Å². The average molecular weight is 1840 g/mol. The molecule has 0 atom stereocenters. The van der Waals surface area contributed by atoms with E-state index in [0.29, 0.717) is 123 Å². The number of aromatic nitrogens is 6. The molecule has 6 aliphatic rings. The lowest BCUT2D eigenvalue weighted by atomic mass is 10.0. The number of methoxy groups -OCH3 is 1. The van der Waals surface area contributed by atoms with Crippen LogP contribution in [-0.2, 0) is 38.4 Å². The Bertz CT molecular complexity index is 3630. The molecule has 0 aliphatic carbocycles. The number of hydrogen-bond acceptors (Lipinski definition) is 22. The molecule has 5 fully saturated rings. The van der Waals surface area contributed by atoms with Crippen LogP contribution in [0.25, 0.3) is 0 Å². The Hall–Kier alpha value is -9.93. The molecule has 35 heteroatoms. The number of aromatic amines is 6. The highest BCUT2D eigenvalue weighted by Gasteiger charge is 2.18. The van der Waals surface area contributed by atoms with E-state index in [1.165, 1.54) is 31.5 Å². The zero-order valence-corrected chi connectivity index (χ0v) is 87.0. The number of H-pyrrole nitrogens is 6. The van der Waals surface area contributed by atoms with Crippen LogP contribution in [0.4, 0.5) is 14.0 Å². The number of urea groups is 1. The number of aliphatic imine (C=N–C) groups is 1. The number of ether oxygens (including phenoxy) is 1. The number of piperazine rings is 1. The molecule has 10 rings (SSSR count). The molecule has 0 saturated carbocycles. The fourth-order valence-corrected chi connectivity index (χ4v) is 5.34. The first-order chi connectivity index (χ1) is 57.0. The van der Waals surface area contributed by atoms with Gasteiger partial charge in [-0.1, -0.05) is 301 Å². The van der Waals surface area contributed by atoms with Gasteiger partial charge in [-0.05, 0) is 79.1 Å². The molecule has 742 valence electrons. The number of hydrogen-bond donors (Lipinski definition) is 15. The zero-order valence-electron chi connectivity index (χ0n) is 86.2. The largest absolute Gasteiger partial charge is 0.482 e. The number of rotatable bonds is 1. The van der Waals surface area contributed by atoms with E-state index in [0.717, 1.165) is 31.3 Å². The molecule has 0 bridgehead atoms. The average Bonchev–Trinajstić information content (AvgIpc) is 1.31. The van der Waals surface area contributed by atoms with E-state index in [1.54, 1.807) is 35.4 Å². The summed E-state index contributed by atoms with van der Waals surface area (Å²) in [5, 5.41) is 18.4. The summed E-state index contributed by atoms with van der Waals surface area (Å²) in [6, 6.07) is 10.5. The minimum atomic E-state index is -1.00. The van der Waals surface area contributed by atoms with Gasteiger partial charge in [0.25, 0.3) is 21.9 Å². The van der Waals surface area contributed by atoms with E-state index in [2.05, 4.69) is 339 Å². The minimum absolute atomic E-state index is 0.0532. The number of piperidine rings is 1. The molecule has 16 N–H and O–H groups in total. The molecule has 0 radical (unpaired) electrons. The van der Waals surface area contributed by atoms with Crippen molar-refractivity contribution in [3.63, 3.8) is 0 Å². The maximum atomic E-state index is 12.0. The Balaban J connectivity index is -0.000000144. The number of nitrogens with one attached hydrogen (secondary N) is 14. The van der Waals surface area contributed by atoms with Crippen molar-refractivity contribution in [1.82, 2.24) is 72.4 Å². The molecular weight excluding hydrogens is 1660 g/mol. The summed E-state index contributed by atoms with van der Waals surface area (Å²) in [5.41, 5.74) is 7.51. The number of nitrogens with two attached hydrogens (primary N) is 1. The molecule has 5 saturated heterocycles. The van der Waals surface area contributed by atoms with Crippen molar-refractivity contribution < 1.29 is 57.1 Å². The lowest BCUT2D eigenvalue weighted by molar-refractivity contribution is -0.134. The van der Waals surface area contributed by atoms with E-state index in [4.69, 9.17) is 10.5 Å². The van der Waals surface area contributed by atoms with Crippen LogP contribution >= 0.6 is 11.8 Å². The van der Waals surface area contributed by atoms with Crippen LogP contribution in [-0.4, -0.2) is 140 Å². The molecule has 11 amide bonds. The van der Waals surface area contributed by atoms with Crippen molar-refractivity contribution in [2.24, 2.45) is 64.9 Å². The van der Waals surface area contributed by atoms with Crippen molar-refractivity contribution in [3.8, 4) is 5.88 Å². The molecule has 10 heterocycles. The highest BCUT2D eigenvalue weighted by Crippen LogP contribution is 2.13. The molecule has 6 aliphatic heterocycles. The Morgan fingerprint density at radius 2 is 0.711 bits per heavy atom. The van der Waals surface area contributed by atoms with E-state index in [9.17, 15) is 81.1 Å². The number of pyridine rings is 2. The van der Waals surface area contributed by atoms with Gasteiger partial charge in [0.2, 0.25) is 58.6 Å². The van der Waals surface area contributed by atoms with E-state index in [1.807, 2.05) is 9.97 Å². The van der Waals surface area contributed by atoms with Gasteiger partial charge in [0.1, 0.15) is 0 Å². The lowest BCUT2D eigenvalue weighted by Crippen LogP contribution is -2.48. The van der Waals surface area contributed by atoms with Crippen LogP contribution in [0, 0.1) is 60.0 Å². The second kappa shape index (κ2) is 72.9. The Labute approximate surface area is 769 Å². The first-order valence-electron chi connectivity index (χ1n) is 42.4. The Kier molecular flexibility index (Phi) is 78.9. The smallest absolute Gasteiger partial charge is 0.325 e. The summed E-state index contributed by atoms with van der Waals surface area (Å²) in [5.74, 6) is -1.08. The number of halogens is 1. The first kappa shape index (κ1) is 139. The number of imide groups is 5. The minimum Gasteiger partial charge on any atom is -0.482 e. The van der Waals surface area contributed by atoms with Crippen molar-refractivity contribution in [2.45, 2.75) is 322 Å². The normalized spacial score (nSPS) is 14.1. The maximum absolute atomic E-state index is 12.0. The summed E-state index contributed by atoms with van der Waals surface area (Å²) in [6.45, 7) is 90.3. The summed E-state index contributed by atoms with van der Waals surface area (Å²) in [7, 11) is 1.51. The summed E-state index contributed by atoms with van der Waals surface area (Å²) in [6.07, 6.45) is 7.58. The molecule has 0 spiro atoms. The molecule has 4 aromatic heterocycles. The van der Waals surface area contributed by atoms with E-state index in [-0.39, 0.29) is 88.3 Å². The predicted octanol–water partition coefficient (Wildman–Crippen LogP) is 15.5. The number of thioether (sulfide) groups is 1. The van der Waals surface area contributed by atoms with Crippen LogP contribution in [0.15, 0.2) is 94.8 Å². The number of nitrogens with zero attached hydrogens (tertiary/aromatic N) is 1. The van der Waals surface area contributed by atoms with Gasteiger partial charge < -0.3 is 36.1 Å². The third-order valence-corrected chi connectivity index (χ3v) is 9.06. The highest BCUT2D eigenvalue weighted by molar-refractivity contribution is 8.14. The van der Waals surface area contributed by atoms with Crippen LogP contribution in [0.2, 0.25) is 0 Å². The van der Waals surface area contributed by atoms with Crippen LogP contribution in [0.3, 0.4) is 0 Å². The van der Waals surface area contributed by atoms with Crippen molar-refractivity contribution >= 4 is 76.2 Å². The van der Waals surface area contributed by atoms with Gasteiger partial charge in [-0.25, -0.2) is 14.4 Å². The second-order valence-electron chi connectivity index (χ2n) is 44.6. The molecule has 0 aromatic carbocycles. The molecule has 0 unspecified atom stereocenters. The molecule has 128 heavy (non-hydrogen) atoms.